The van der Waals surface area contributed by atoms with Crippen LogP contribution in [0, 0.1) is 0 Å². The molecule has 0 saturated carbocycles. The number of imidazole rings is 1. The highest BCUT2D eigenvalue weighted by Crippen LogP contribution is 2.24. The van der Waals surface area contributed by atoms with Crippen molar-refractivity contribution in [1.29, 1.82) is 0 Å². The maximum absolute atomic E-state index is 12.6. The number of rotatable bonds is 10. The highest BCUT2D eigenvalue weighted by molar-refractivity contribution is 7.99. The summed E-state index contributed by atoms with van der Waals surface area (Å²) in [5.74, 6) is 0.269. The second-order valence-corrected chi connectivity index (χ2v) is 7.53. The molecule has 0 atom stereocenters. The molecule has 160 valence electrons. The zero-order chi connectivity index (χ0) is 21.5. The molecule has 0 aliphatic rings. The average Bonchev–Trinajstić information content (AvgIpc) is 3.08. The molecule has 0 aliphatic carbocycles. The lowest BCUT2D eigenvalue weighted by atomic mass is 10.2. The molecule has 1 aromatic heterocycles. The number of ether oxygens (including phenoxy) is 2. The Kier molecular flexibility index (Phi) is 7.64. The third kappa shape index (κ3) is 5.70. The summed E-state index contributed by atoms with van der Waals surface area (Å²) in [6.07, 6.45) is 0. The number of fused-ring (bicyclic) bond motifs is 1. The number of halogens is 2. The van der Waals surface area contributed by atoms with Crippen LogP contribution < -0.4 is 4.74 Å². The van der Waals surface area contributed by atoms with Crippen molar-refractivity contribution < 1.29 is 23.0 Å². The summed E-state index contributed by atoms with van der Waals surface area (Å²) in [4.78, 5) is 18.8. The number of hydrogen-bond donors (Lipinski definition) is 0. The Balaban J connectivity index is 1.61. The predicted molar refractivity (Wildman–Crippen MR) is 112 cm³/mol. The molecule has 0 radical (unpaired) electrons. The first-order chi connectivity index (χ1) is 14.5. The second-order valence-electron chi connectivity index (χ2n) is 6.59. The van der Waals surface area contributed by atoms with Gasteiger partial charge in [-0.2, -0.15) is 8.78 Å². The molecule has 0 bridgehead atoms. The maximum atomic E-state index is 12.6. The highest BCUT2D eigenvalue weighted by Gasteiger charge is 2.15. The van der Waals surface area contributed by atoms with E-state index in [2.05, 4.69) is 14.3 Å². The van der Waals surface area contributed by atoms with E-state index in [0.717, 1.165) is 21.8 Å². The van der Waals surface area contributed by atoms with Gasteiger partial charge in [-0.15, -0.1) is 0 Å². The van der Waals surface area contributed by atoms with E-state index in [-0.39, 0.29) is 17.4 Å². The number of para-hydroxylation sites is 2. The summed E-state index contributed by atoms with van der Waals surface area (Å²) < 4.78 is 36.1. The van der Waals surface area contributed by atoms with Crippen molar-refractivity contribution in [2.24, 2.45) is 0 Å². The van der Waals surface area contributed by atoms with Crippen LogP contribution in [0.2, 0.25) is 0 Å². The molecule has 0 spiro atoms. The molecule has 0 unspecified atom stereocenters. The Bertz CT molecular complexity index is 979. The summed E-state index contributed by atoms with van der Waals surface area (Å²) in [7, 11) is 3.36. The second kappa shape index (κ2) is 10.4. The lowest BCUT2D eigenvalue weighted by Crippen LogP contribution is -2.28. The number of methoxy groups -OCH3 is 1. The van der Waals surface area contributed by atoms with E-state index in [0.29, 0.717) is 19.7 Å². The molecule has 6 nitrogen and oxygen atoms in total. The fourth-order valence-corrected chi connectivity index (χ4v) is 3.92. The molecule has 2 aromatic carbocycles. The fourth-order valence-electron chi connectivity index (χ4n) is 2.94. The van der Waals surface area contributed by atoms with Gasteiger partial charge in [-0.25, -0.2) is 4.98 Å². The van der Waals surface area contributed by atoms with Crippen molar-refractivity contribution in [3.8, 4) is 5.75 Å². The van der Waals surface area contributed by atoms with E-state index in [1.54, 1.807) is 31.2 Å². The molecular formula is C21H23F2N3O3S. The van der Waals surface area contributed by atoms with Gasteiger partial charge < -0.3 is 18.9 Å². The summed E-state index contributed by atoms with van der Waals surface area (Å²) >= 11 is 1.38. The number of alkyl halides is 2. The van der Waals surface area contributed by atoms with Gasteiger partial charge >= 0.3 is 6.61 Å². The third-order valence-corrected chi connectivity index (χ3v) is 5.42. The number of benzene rings is 2. The van der Waals surface area contributed by atoms with Gasteiger partial charge in [0.2, 0.25) is 5.91 Å². The standard InChI is InChI=1S/C21H23F2N3O3S/c1-25(13-15-7-9-16(10-8-15)29-20(22)23)19(27)14-30-21-24-17-5-3-4-6-18(17)26(21)11-12-28-2/h3-10,20H,11-14H2,1-2H3. The molecule has 3 aromatic rings. The van der Waals surface area contributed by atoms with Crippen LogP contribution >= 0.6 is 11.8 Å². The predicted octanol–water partition coefficient (Wildman–Crippen LogP) is 4.03. The quantitative estimate of drug-likeness (QED) is 0.450. The number of thioether (sulfide) groups is 1. The number of amides is 1. The first-order valence-corrected chi connectivity index (χ1v) is 10.3. The average molecular weight is 435 g/mol. The van der Waals surface area contributed by atoms with Crippen LogP contribution in [0.5, 0.6) is 5.75 Å². The fraction of sp³-hybridized carbons (Fsp3) is 0.333. The van der Waals surface area contributed by atoms with Crippen LogP contribution in [0.15, 0.2) is 53.7 Å². The molecular weight excluding hydrogens is 412 g/mol. The van der Waals surface area contributed by atoms with Gasteiger partial charge in [0.05, 0.1) is 23.4 Å². The molecule has 0 N–H and O–H groups in total. The largest absolute Gasteiger partial charge is 0.435 e. The third-order valence-electron chi connectivity index (χ3n) is 4.46. The molecule has 0 fully saturated rings. The number of carbonyl (C=O) groups is 1. The van der Waals surface area contributed by atoms with Crippen LogP contribution in [0.3, 0.4) is 0 Å². The van der Waals surface area contributed by atoms with Crippen molar-refractivity contribution in [3.05, 3.63) is 54.1 Å². The first kappa shape index (κ1) is 22.0. The van der Waals surface area contributed by atoms with Crippen LogP contribution in [0.1, 0.15) is 5.56 Å². The van der Waals surface area contributed by atoms with Crippen LogP contribution in [-0.2, 0) is 22.6 Å². The minimum atomic E-state index is -2.86. The molecule has 0 saturated heterocycles. The van der Waals surface area contributed by atoms with Gasteiger partial charge in [0.25, 0.3) is 0 Å². The number of aromatic nitrogens is 2. The van der Waals surface area contributed by atoms with E-state index >= 15 is 0 Å². The van der Waals surface area contributed by atoms with Gasteiger partial charge in [0.1, 0.15) is 5.75 Å². The summed E-state index contributed by atoms with van der Waals surface area (Å²) in [6.45, 7) is -1.29. The lowest BCUT2D eigenvalue weighted by Gasteiger charge is -2.17. The van der Waals surface area contributed by atoms with Gasteiger partial charge in [0.15, 0.2) is 5.16 Å². The monoisotopic (exact) mass is 435 g/mol. The minimum absolute atomic E-state index is 0.0572. The summed E-state index contributed by atoms with van der Waals surface area (Å²) in [6, 6.07) is 14.1. The SMILES string of the molecule is COCCn1c(SCC(=O)N(C)Cc2ccc(OC(F)F)cc2)nc2ccccc21. The lowest BCUT2D eigenvalue weighted by molar-refractivity contribution is -0.127. The van der Waals surface area contributed by atoms with Gasteiger partial charge in [-0.05, 0) is 29.8 Å². The van der Waals surface area contributed by atoms with Crippen molar-refractivity contribution in [1.82, 2.24) is 14.5 Å². The maximum Gasteiger partial charge on any atom is 0.387 e. The van der Waals surface area contributed by atoms with E-state index in [9.17, 15) is 13.6 Å². The molecule has 30 heavy (non-hydrogen) atoms. The van der Waals surface area contributed by atoms with Gasteiger partial charge in [0, 0.05) is 27.2 Å². The van der Waals surface area contributed by atoms with Crippen LogP contribution in [0.25, 0.3) is 11.0 Å². The van der Waals surface area contributed by atoms with Crippen molar-refractivity contribution >= 4 is 28.7 Å². The molecule has 3 rings (SSSR count). The van der Waals surface area contributed by atoms with E-state index in [1.807, 2.05) is 24.3 Å². The Morgan fingerprint density at radius 3 is 2.63 bits per heavy atom. The molecule has 9 heteroatoms. The Morgan fingerprint density at radius 2 is 1.93 bits per heavy atom. The van der Waals surface area contributed by atoms with Gasteiger partial charge in [-0.3, -0.25) is 4.79 Å². The zero-order valence-electron chi connectivity index (χ0n) is 16.8. The molecule has 1 amide bonds. The van der Waals surface area contributed by atoms with Crippen molar-refractivity contribution in [2.75, 3.05) is 26.5 Å². The van der Waals surface area contributed by atoms with Crippen LogP contribution in [0.4, 0.5) is 8.78 Å². The summed E-state index contributed by atoms with van der Waals surface area (Å²) in [5, 5.41) is 0.767. The minimum Gasteiger partial charge on any atom is -0.435 e. The van der Waals surface area contributed by atoms with Crippen molar-refractivity contribution in [2.45, 2.75) is 24.9 Å². The topological polar surface area (TPSA) is 56.6 Å². The molecule has 1 heterocycles. The Labute approximate surface area is 177 Å². The van der Waals surface area contributed by atoms with Crippen LogP contribution in [-0.4, -0.2) is 53.5 Å². The van der Waals surface area contributed by atoms with Crippen molar-refractivity contribution in [3.63, 3.8) is 0 Å². The Hall–Kier alpha value is -2.65. The normalized spacial score (nSPS) is 11.2. The van der Waals surface area contributed by atoms with Gasteiger partial charge in [-0.1, -0.05) is 36.0 Å². The molecule has 0 aliphatic heterocycles. The van der Waals surface area contributed by atoms with E-state index in [4.69, 9.17) is 4.74 Å². The van der Waals surface area contributed by atoms with E-state index < -0.39 is 6.61 Å². The number of hydrogen-bond acceptors (Lipinski definition) is 5. The number of carbonyl (C=O) groups excluding carboxylic acids is 1. The Morgan fingerprint density at radius 1 is 1.20 bits per heavy atom. The number of nitrogens with zero attached hydrogens (tertiary/aromatic N) is 3. The first-order valence-electron chi connectivity index (χ1n) is 9.32. The smallest absolute Gasteiger partial charge is 0.387 e. The van der Waals surface area contributed by atoms with E-state index in [1.165, 1.54) is 23.9 Å². The summed E-state index contributed by atoms with van der Waals surface area (Å²) in [5.41, 5.74) is 2.71. The highest BCUT2D eigenvalue weighted by atomic mass is 32.2. The zero-order valence-corrected chi connectivity index (χ0v) is 17.6.